The first-order valence-corrected chi connectivity index (χ1v) is 20.5. The van der Waals surface area contributed by atoms with E-state index in [1.54, 1.807) is 0 Å². The predicted octanol–water partition coefficient (Wildman–Crippen LogP) is 5.85. The van der Waals surface area contributed by atoms with Crippen molar-refractivity contribution in [2.45, 2.75) is 144 Å². The maximum absolute atomic E-state index is 13.0. The number of carbonyl (C=O) groups is 6. The van der Waals surface area contributed by atoms with Crippen molar-refractivity contribution >= 4 is 36.1 Å². The number of ether oxygens (including phenoxy) is 3. The van der Waals surface area contributed by atoms with Crippen LogP contribution >= 0.6 is 0 Å². The van der Waals surface area contributed by atoms with Gasteiger partial charge in [-0.3, -0.25) is 19.4 Å². The van der Waals surface area contributed by atoms with E-state index >= 15 is 0 Å². The van der Waals surface area contributed by atoms with Crippen LogP contribution < -0.4 is 21.3 Å². The summed E-state index contributed by atoms with van der Waals surface area (Å²) in [5.74, 6) is -0.238. The molecule has 4 aliphatic rings. The normalized spacial score (nSPS) is 28.3. The summed E-state index contributed by atoms with van der Waals surface area (Å²) in [5, 5.41) is 12.0. The zero-order chi connectivity index (χ0) is 40.3. The van der Waals surface area contributed by atoms with Gasteiger partial charge >= 0.3 is 24.2 Å². The lowest BCUT2D eigenvalue weighted by Gasteiger charge is -2.47. The highest BCUT2D eigenvalue weighted by molar-refractivity contribution is 5.95. The predicted molar refractivity (Wildman–Crippen MR) is 206 cm³/mol. The number of likely N-dealkylation sites (tertiary alicyclic amines) is 2. The lowest BCUT2D eigenvalue weighted by molar-refractivity contribution is -0.128. The van der Waals surface area contributed by atoms with Gasteiger partial charge in [0.1, 0.15) is 13.2 Å². The molecular weight excluding hydrogens is 708 g/mol. The molecule has 4 N–H and O–H groups in total. The Morgan fingerprint density at radius 1 is 0.582 bits per heavy atom. The molecule has 4 rings (SSSR count). The monoisotopic (exact) mass is 777 g/mol. The van der Waals surface area contributed by atoms with Crippen molar-refractivity contribution in [1.82, 2.24) is 31.1 Å². The third kappa shape index (κ3) is 14.4. The quantitative estimate of drug-likeness (QED) is 0.177. The van der Waals surface area contributed by atoms with E-state index in [4.69, 9.17) is 14.2 Å². The average Bonchev–Trinajstić information content (AvgIpc) is 3.43. The number of amides is 8. The van der Waals surface area contributed by atoms with Crippen molar-refractivity contribution in [3.05, 3.63) is 0 Å². The van der Waals surface area contributed by atoms with E-state index in [0.29, 0.717) is 51.9 Å². The number of nitrogens with one attached hydrogen (secondary N) is 4. The summed E-state index contributed by atoms with van der Waals surface area (Å²) in [5.41, 5.74) is -0.720. The molecule has 4 atom stereocenters. The zero-order valence-corrected chi connectivity index (χ0v) is 34.3. The number of nitrogens with zero attached hydrogens (tertiary/aromatic N) is 2. The summed E-state index contributed by atoms with van der Waals surface area (Å²) in [4.78, 5) is 78.7. The third-order valence-electron chi connectivity index (χ3n) is 11.4. The first kappa shape index (κ1) is 44.1. The second-order valence-corrected chi connectivity index (χ2v) is 18.7. The van der Waals surface area contributed by atoms with Crippen LogP contribution in [-0.2, 0) is 23.8 Å². The molecule has 15 nitrogen and oxygen atoms in total. The van der Waals surface area contributed by atoms with Crippen LogP contribution in [0.4, 0.5) is 19.2 Å². The van der Waals surface area contributed by atoms with Crippen LogP contribution in [0.1, 0.15) is 131 Å². The van der Waals surface area contributed by atoms with Crippen molar-refractivity contribution in [2.75, 3.05) is 52.6 Å². The van der Waals surface area contributed by atoms with E-state index in [9.17, 15) is 28.8 Å². The van der Waals surface area contributed by atoms with Crippen LogP contribution in [0.2, 0.25) is 0 Å². The fourth-order valence-electron chi connectivity index (χ4n) is 9.80. The highest BCUT2D eigenvalue weighted by Crippen LogP contribution is 2.47. The second-order valence-electron chi connectivity index (χ2n) is 18.7. The molecule has 312 valence electrons. The average molecular weight is 777 g/mol. The molecule has 2 aliphatic heterocycles. The molecule has 2 saturated heterocycles. The van der Waals surface area contributed by atoms with Crippen LogP contribution in [-0.4, -0.2) is 111 Å². The van der Waals surface area contributed by atoms with Gasteiger partial charge < -0.3 is 35.5 Å². The van der Waals surface area contributed by atoms with E-state index in [1.807, 2.05) is 0 Å². The molecule has 0 aromatic heterocycles. The van der Waals surface area contributed by atoms with Gasteiger partial charge in [-0.1, -0.05) is 54.4 Å². The molecule has 8 amide bonds. The van der Waals surface area contributed by atoms with Crippen LogP contribution in [0.15, 0.2) is 0 Å². The van der Waals surface area contributed by atoms with E-state index < -0.39 is 12.2 Å². The molecule has 2 saturated carbocycles. The summed E-state index contributed by atoms with van der Waals surface area (Å²) >= 11 is 0. The number of rotatable bonds is 12. The number of hydrogen-bond acceptors (Lipinski definition) is 9. The lowest BCUT2D eigenvalue weighted by Crippen LogP contribution is -2.53. The van der Waals surface area contributed by atoms with Crippen molar-refractivity contribution in [3.63, 3.8) is 0 Å². The molecule has 4 unspecified atom stereocenters. The molecule has 0 bridgehead atoms. The Kier molecular flexibility index (Phi) is 15.6. The largest absolute Gasteiger partial charge is 0.447 e. The minimum absolute atomic E-state index is 0.0283. The van der Waals surface area contributed by atoms with Gasteiger partial charge in [-0.05, 0) is 85.9 Å². The molecule has 55 heavy (non-hydrogen) atoms. The standard InChI is InChI=1S/C40H68N6O9/c1-37(2)21-29(43-33(49)45-15-11-7-9-13-31(45)47)23-39(5,25-37)27-41-35(51)54-19-17-53-18-20-55-36(52)42-28-40(6)24-30(22-38(3,4)26-40)44-34(50)46-16-12-8-10-14-32(46)48/h29-30H,7-28H2,1-6H3,(H,41,51)(H,42,52)(H,43,49)(H,44,50). The first-order valence-electron chi connectivity index (χ1n) is 20.5. The Morgan fingerprint density at radius 3 is 1.38 bits per heavy atom. The Balaban J connectivity index is 1.09. The number of imide groups is 2. The Hall–Kier alpha value is -3.62. The van der Waals surface area contributed by atoms with Gasteiger partial charge in [0.2, 0.25) is 11.8 Å². The van der Waals surface area contributed by atoms with Gasteiger partial charge in [-0.2, -0.15) is 0 Å². The highest BCUT2D eigenvalue weighted by atomic mass is 16.6. The van der Waals surface area contributed by atoms with Gasteiger partial charge in [0.05, 0.1) is 13.2 Å². The summed E-state index contributed by atoms with van der Waals surface area (Å²) < 4.78 is 16.1. The van der Waals surface area contributed by atoms with Crippen molar-refractivity contribution in [1.29, 1.82) is 0 Å². The number of alkyl carbamates (subject to hydrolysis) is 2. The maximum atomic E-state index is 13.0. The van der Waals surface area contributed by atoms with Crippen LogP contribution in [0, 0.1) is 21.7 Å². The van der Waals surface area contributed by atoms with Gasteiger partial charge in [0, 0.05) is 51.1 Å². The third-order valence-corrected chi connectivity index (χ3v) is 11.4. The van der Waals surface area contributed by atoms with Gasteiger partial charge in [0.15, 0.2) is 0 Å². The van der Waals surface area contributed by atoms with Gasteiger partial charge in [0.25, 0.3) is 0 Å². The van der Waals surface area contributed by atoms with Crippen molar-refractivity contribution in [3.8, 4) is 0 Å². The smallest absolute Gasteiger partial charge is 0.407 e. The fraction of sp³-hybridized carbons (Fsp3) is 0.850. The number of urea groups is 2. The van der Waals surface area contributed by atoms with Crippen molar-refractivity contribution in [2.24, 2.45) is 21.7 Å². The molecule has 0 spiro atoms. The topological polar surface area (TPSA) is 185 Å². The summed E-state index contributed by atoms with van der Waals surface area (Å²) in [6, 6.07) is -0.891. The molecule has 2 heterocycles. The van der Waals surface area contributed by atoms with Crippen LogP contribution in [0.25, 0.3) is 0 Å². The first-order chi connectivity index (χ1) is 25.9. The van der Waals surface area contributed by atoms with E-state index in [-0.39, 0.29) is 84.0 Å². The van der Waals surface area contributed by atoms with E-state index in [0.717, 1.165) is 64.2 Å². The van der Waals surface area contributed by atoms with E-state index in [2.05, 4.69) is 62.8 Å². The molecule has 0 aromatic rings. The van der Waals surface area contributed by atoms with Crippen molar-refractivity contribution < 1.29 is 43.0 Å². The molecule has 0 radical (unpaired) electrons. The highest BCUT2D eigenvalue weighted by Gasteiger charge is 2.44. The SMILES string of the molecule is CC1(C)CC(NC(=O)N2CCCCCC2=O)CC(C)(CNC(=O)OCCOCCOC(=O)NCC2(C)CC(NC(=O)N3CCCCCC3=O)CC(C)(C)C2)C1. The summed E-state index contributed by atoms with van der Waals surface area (Å²) in [7, 11) is 0. The second kappa shape index (κ2) is 19.5. The molecule has 4 fully saturated rings. The molecule has 2 aliphatic carbocycles. The minimum atomic E-state index is -0.559. The van der Waals surface area contributed by atoms with Gasteiger partial charge in [-0.25, -0.2) is 19.2 Å². The fourth-order valence-corrected chi connectivity index (χ4v) is 9.80. The minimum Gasteiger partial charge on any atom is -0.447 e. The Labute approximate surface area is 327 Å². The molecule has 0 aromatic carbocycles. The molecule has 15 heteroatoms. The summed E-state index contributed by atoms with van der Waals surface area (Å²) in [6.45, 7) is 14.8. The maximum Gasteiger partial charge on any atom is 0.407 e. The Bertz CT molecular complexity index is 1270. The zero-order valence-electron chi connectivity index (χ0n) is 34.3. The van der Waals surface area contributed by atoms with Crippen LogP contribution in [0.3, 0.4) is 0 Å². The Morgan fingerprint density at radius 2 is 0.982 bits per heavy atom. The van der Waals surface area contributed by atoms with E-state index in [1.165, 1.54) is 9.80 Å². The number of carbonyl (C=O) groups excluding carboxylic acids is 6. The van der Waals surface area contributed by atoms with Gasteiger partial charge in [-0.15, -0.1) is 0 Å². The lowest BCUT2D eigenvalue weighted by atomic mass is 9.62. The summed E-state index contributed by atoms with van der Waals surface area (Å²) in [6.07, 6.45) is 9.46. The molecular formula is C40H68N6O9. The number of hydrogen-bond donors (Lipinski definition) is 4. The van der Waals surface area contributed by atoms with Crippen LogP contribution in [0.5, 0.6) is 0 Å².